The summed E-state index contributed by atoms with van der Waals surface area (Å²) < 4.78 is 2.19. The molecule has 0 radical (unpaired) electrons. The molecule has 1 atom stereocenters. The number of rotatable bonds is 3. The zero-order chi connectivity index (χ0) is 19.8. The highest BCUT2D eigenvalue weighted by molar-refractivity contribution is 5.79. The van der Waals surface area contributed by atoms with Gasteiger partial charge < -0.3 is 9.30 Å². The van der Waals surface area contributed by atoms with E-state index < -0.39 is 0 Å². The van der Waals surface area contributed by atoms with Crippen LogP contribution < -0.4 is 0 Å². The normalized spacial score (nSPS) is 20.0. The van der Waals surface area contributed by atoms with Gasteiger partial charge in [-0.15, -0.1) is 0 Å². The van der Waals surface area contributed by atoms with Gasteiger partial charge in [0.05, 0.1) is 5.69 Å². The van der Waals surface area contributed by atoms with Gasteiger partial charge in [0, 0.05) is 37.3 Å². The number of likely N-dealkylation sites (tertiary alicyclic amines) is 1. The van der Waals surface area contributed by atoms with Crippen molar-refractivity contribution in [3.8, 4) is 0 Å². The molecule has 4 heteroatoms. The van der Waals surface area contributed by atoms with Crippen molar-refractivity contribution >= 4 is 11.6 Å². The molecule has 0 saturated carbocycles. The van der Waals surface area contributed by atoms with Gasteiger partial charge >= 0.3 is 0 Å². The number of piperidine rings is 1. The molecule has 3 heterocycles. The lowest BCUT2D eigenvalue weighted by atomic mass is 9.86. The Morgan fingerprint density at radius 3 is 2.69 bits per heavy atom. The number of imidazole rings is 1. The van der Waals surface area contributed by atoms with E-state index in [0.717, 1.165) is 57.3 Å². The summed E-state index contributed by atoms with van der Waals surface area (Å²) in [5.74, 6) is 1.16. The van der Waals surface area contributed by atoms with Crippen molar-refractivity contribution in [2.75, 3.05) is 13.1 Å². The standard InChI is InChI=1S/C25H29N3O/c1-18-9-14-28-23-17-21(7-8-22(23)26-24(28)15-18)25(29)27-12-10-20(11-13-27)16-19-5-3-2-4-6-19/h2-6,9,14-15,20-21H,7-8,10-13,16-17H2,1H3. The van der Waals surface area contributed by atoms with Crippen LogP contribution in [0.2, 0.25) is 0 Å². The third-order valence-electron chi connectivity index (χ3n) is 6.78. The first-order valence-corrected chi connectivity index (χ1v) is 11.0. The summed E-state index contributed by atoms with van der Waals surface area (Å²) >= 11 is 0. The van der Waals surface area contributed by atoms with Crippen molar-refractivity contribution < 1.29 is 4.79 Å². The van der Waals surface area contributed by atoms with Gasteiger partial charge in [0.1, 0.15) is 5.65 Å². The zero-order valence-electron chi connectivity index (χ0n) is 17.2. The molecule has 2 aliphatic rings. The summed E-state index contributed by atoms with van der Waals surface area (Å²) in [4.78, 5) is 20.2. The zero-order valence-corrected chi connectivity index (χ0v) is 17.2. The fraction of sp³-hybridized carbons (Fsp3) is 0.440. The number of carbonyl (C=O) groups is 1. The van der Waals surface area contributed by atoms with Crippen molar-refractivity contribution in [3.63, 3.8) is 0 Å². The molecule has 1 aliphatic heterocycles. The van der Waals surface area contributed by atoms with Crippen LogP contribution in [0.5, 0.6) is 0 Å². The molecule has 1 saturated heterocycles. The summed E-state index contributed by atoms with van der Waals surface area (Å²) in [5.41, 5.74) is 6.08. The highest BCUT2D eigenvalue weighted by Gasteiger charge is 2.32. The van der Waals surface area contributed by atoms with E-state index in [1.807, 2.05) is 0 Å². The first-order chi connectivity index (χ1) is 14.2. The highest BCUT2D eigenvalue weighted by atomic mass is 16.2. The second-order valence-corrected chi connectivity index (χ2v) is 8.84. The lowest BCUT2D eigenvalue weighted by molar-refractivity contribution is -0.137. The monoisotopic (exact) mass is 387 g/mol. The van der Waals surface area contributed by atoms with E-state index in [-0.39, 0.29) is 5.92 Å². The van der Waals surface area contributed by atoms with Crippen LogP contribution >= 0.6 is 0 Å². The predicted octanol–water partition coefficient (Wildman–Crippen LogP) is 4.23. The lowest BCUT2D eigenvalue weighted by Gasteiger charge is -2.35. The minimum Gasteiger partial charge on any atom is -0.342 e. The molecule has 1 aliphatic carbocycles. The quantitative estimate of drug-likeness (QED) is 0.674. The molecule has 5 rings (SSSR count). The van der Waals surface area contributed by atoms with Gasteiger partial charge in [0.2, 0.25) is 5.91 Å². The summed E-state index contributed by atoms with van der Waals surface area (Å²) in [6.45, 7) is 3.92. The molecule has 1 aromatic carbocycles. The summed E-state index contributed by atoms with van der Waals surface area (Å²) in [5, 5.41) is 0. The Hall–Kier alpha value is -2.62. The molecule has 29 heavy (non-hydrogen) atoms. The summed E-state index contributed by atoms with van der Waals surface area (Å²) in [6.07, 6.45) is 8.15. The number of hydrogen-bond donors (Lipinski definition) is 0. The van der Waals surface area contributed by atoms with E-state index in [9.17, 15) is 4.79 Å². The Kier molecular flexibility index (Phi) is 4.86. The Balaban J connectivity index is 1.23. The molecule has 3 aromatic rings. The Labute approximate surface area is 172 Å². The fourth-order valence-electron chi connectivity index (χ4n) is 5.08. The maximum Gasteiger partial charge on any atom is 0.226 e. The van der Waals surface area contributed by atoms with E-state index in [2.05, 4.69) is 64.9 Å². The molecule has 1 fully saturated rings. The molecule has 2 aromatic heterocycles. The van der Waals surface area contributed by atoms with E-state index >= 15 is 0 Å². The average molecular weight is 388 g/mol. The smallest absolute Gasteiger partial charge is 0.226 e. The van der Waals surface area contributed by atoms with Gasteiger partial charge in [-0.1, -0.05) is 30.3 Å². The van der Waals surface area contributed by atoms with Gasteiger partial charge in [-0.05, 0) is 68.2 Å². The van der Waals surface area contributed by atoms with Crippen molar-refractivity contribution in [2.24, 2.45) is 11.8 Å². The molecular weight excluding hydrogens is 358 g/mol. The fourth-order valence-corrected chi connectivity index (χ4v) is 5.08. The van der Waals surface area contributed by atoms with Crippen molar-refractivity contribution in [2.45, 2.75) is 45.4 Å². The van der Waals surface area contributed by atoms with E-state index in [1.54, 1.807) is 0 Å². The maximum absolute atomic E-state index is 13.2. The predicted molar refractivity (Wildman–Crippen MR) is 115 cm³/mol. The van der Waals surface area contributed by atoms with E-state index in [0.29, 0.717) is 11.8 Å². The summed E-state index contributed by atoms with van der Waals surface area (Å²) in [6, 6.07) is 15.0. The third kappa shape index (κ3) is 3.68. The van der Waals surface area contributed by atoms with Crippen LogP contribution in [0.25, 0.3) is 5.65 Å². The van der Waals surface area contributed by atoms with Gasteiger partial charge in [0.15, 0.2) is 0 Å². The van der Waals surface area contributed by atoms with Crippen LogP contribution in [-0.2, 0) is 24.1 Å². The van der Waals surface area contributed by atoms with Crippen LogP contribution in [0.4, 0.5) is 0 Å². The topological polar surface area (TPSA) is 37.6 Å². The lowest BCUT2D eigenvalue weighted by Crippen LogP contribution is -2.43. The molecule has 1 unspecified atom stereocenters. The van der Waals surface area contributed by atoms with Crippen LogP contribution in [0, 0.1) is 18.8 Å². The number of pyridine rings is 1. The molecule has 0 spiro atoms. The minimum absolute atomic E-state index is 0.106. The van der Waals surface area contributed by atoms with Crippen molar-refractivity contribution in [3.05, 3.63) is 71.2 Å². The van der Waals surface area contributed by atoms with Crippen molar-refractivity contribution in [1.29, 1.82) is 0 Å². The molecular formula is C25H29N3O. The number of benzene rings is 1. The highest BCUT2D eigenvalue weighted by Crippen LogP contribution is 2.30. The van der Waals surface area contributed by atoms with Crippen LogP contribution in [0.1, 0.15) is 41.8 Å². The van der Waals surface area contributed by atoms with Gasteiger partial charge in [-0.2, -0.15) is 0 Å². The first kappa shape index (κ1) is 18.4. The number of aryl methyl sites for hydroxylation is 2. The molecule has 150 valence electrons. The number of amides is 1. The number of aromatic nitrogens is 2. The molecule has 0 bridgehead atoms. The Morgan fingerprint density at radius 1 is 1.10 bits per heavy atom. The van der Waals surface area contributed by atoms with Crippen LogP contribution in [0.15, 0.2) is 48.7 Å². The summed E-state index contributed by atoms with van der Waals surface area (Å²) in [7, 11) is 0. The molecule has 0 N–H and O–H groups in total. The van der Waals surface area contributed by atoms with Gasteiger partial charge in [-0.3, -0.25) is 4.79 Å². The second-order valence-electron chi connectivity index (χ2n) is 8.84. The third-order valence-corrected chi connectivity index (χ3v) is 6.78. The number of hydrogen-bond acceptors (Lipinski definition) is 2. The Morgan fingerprint density at radius 2 is 1.90 bits per heavy atom. The largest absolute Gasteiger partial charge is 0.342 e. The SMILES string of the molecule is Cc1ccn2c3c(nc2c1)CCC(C(=O)N1CCC(Cc2ccccc2)CC1)C3. The van der Waals surface area contributed by atoms with Crippen LogP contribution in [0.3, 0.4) is 0 Å². The number of fused-ring (bicyclic) bond motifs is 3. The molecule has 1 amide bonds. The number of carbonyl (C=O) groups excluding carboxylic acids is 1. The van der Waals surface area contributed by atoms with Gasteiger partial charge in [-0.25, -0.2) is 4.98 Å². The number of nitrogens with zero attached hydrogens (tertiary/aromatic N) is 3. The van der Waals surface area contributed by atoms with Crippen LogP contribution in [-0.4, -0.2) is 33.3 Å². The minimum atomic E-state index is 0.106. The maximum atomic E-state index is 13.2. The molecule has 4 nitrogen and oxygen atoms in total. The Bertz CT molecular complexity index is 1020. The van der Waals surface area contributed by atoms with Gasteiger partial charge in [0.25, 0.3) is 0 Å². The average Bonchev–Trinajstić information content (AvgIpc) is 3.11. The first-order valence-electron chi connectivity index (χ1n) is 11.0. The van der Waals surface area contributed by atoms with E-state index in [4.69, 9.17) is 4.98 Å². The van der Waals surface area contributed by atoms with Crippen molar-refractivity contribution in [1.82, 2.24) is 14.3 Å². The van der Waals surface area contributed by atoms with E-state index in [1.165, 1.54) is 22.5 Å². The second kappa shape index (κ2) is 7.66.